The first kappa shape index (κ1) is 20.4. The maximum absolute atomic E-state index is 13.3. The summed E-state index contributed by atoms with van der Waals surface area (Å²) in [5.41, 5.74) is 1.14. The summed E-state index contributed by atoms with van der Waals surface area (Å²) < 4.78 is 81.0. The average molecular weight is 600 g/mol. The number of rotatable bonds is 11. The van der Waals surface area contributed by atoms with Crippen LogP contribution in [0.4, 0.5) is 34.5 Å². The molecule has 13 nitrogen and oxygen atoms in total. The van der Waals surface area contributed by atoms with Gasteiger partial charge in [-0.3, -0.25) is 15.1 Å². The largest absolute Gasteiger partial charge is 0.494 e. The normalized spacial score (nSPS) is 18.7. The summed E-state index contributed by atoms with van der Waals surface area (Å²) in [5.74, 6) is -0.623. The number of nitro benzene ring substituents is 1. The van der Waals surface area contributed by atoms with Gasteiger partial charge in [-0.05, 0) is 59.7 Å². The minimum absolute atomic E-state index is 0.0451. The van der Waals surface area contributed by atoms with Gasteiger partial charge in [0.2, 0.25) is 5.95 Å². The number of carbonyl (C=O) groups is 1. The lowest BCUT2D eigenvalue weighted by atomic mass is 10.0. The number of ether oxygens (including phenoxy) is 2. The van der Waals surface area contributed by atoms with Gasteiger partial charge in [0.15, 0.2) is 5.82 Å². The Morgan fingerprint density at radius 1 is 1.23 bits per heavy atom. The number of nitrogens with one attached hydrogen (secondary N) is 1. The highest BCUT2D eigenvalue weighted by molar-refractivity contribution is 5.96. The minimum atomic E-state index is -3.12. The number of methoxy groups -OCH3 is 1. The van der Waals surface area contributed by atoms with Gasteiger partial charge in [-0.15, -0.1) is 0 Å². The van der Waals surface area contributed by atoms with Crippen LogP contribution in [0.3, 0.4) is 0 Å². The van der Waals surface area contributed by atoms with Crippen LogP contribution in [0.5, 0.6) is 5.75 Å². The van der Waals surface area contributed by atoms with Crippen molar-refractivity contribution in [3.05, 3.63) is 57.5 Å². The van der Waals surface area contributed by atoms with Crippen molar-refractivity contribution < 1.29 is 31.5 Å². The summed E-state index contributed by atoms with van der Waals surface area (Å²) in [5, 5.41) is 15.3. The summed E-state index contributed by atoms with van der Waals surface area (Å²) in [6.45, 7) is -5.04. The molecule has 43 heavy (non-hydrogen) atoms. The number of pyridine rings is 1. The van der Waals surface area contributed by atoms with E-state index in [0.29, 0.717) is 11.4 Å². The molecule has 0 bridgehead atoms. The third-order valence-electron chi connectivity index (χ3n) is 7.29. The zero-order valence-electron chi connectivity index (χ0n) is 33.2. The van der Waals surface area contributed by atoms with Gasteiger partial charge in [0.25, 0.3) is 5.69 Å². The molecule has 3 aromatic rings. The van der Waals surface area contributed by atoms with Crippen molar-refractivity contribution in [3.8, 4) is 5.75 Å². The van der Waals surface area contributed by atoms with E-state index in [4.69, 9.17) is 26.8 Å². The number of anilines is 5. The third-order valence-corrected chi connectivity index (χ3v) is 7.29. The van der Waals surface area contributed by atoms with Crippen LogP contribution in [0, 0.1) is 17.0 Å². The number of aromatic nitrogens is 3. The molecule has 0 amide bonds. The van der Waals surface area contributed by atoms with E-state index in [1.54, 1.807) is 13.8 Å². The van der Waals surface area contributed by atoms with Gasteiger partial charge in [0.1, 0.15) is 17.0 Å². The van der Waals surface area contributed by atoms with Gasteiger partial charge in [0.05, 0.1) is 35.2 Å². The number of aryl methyl sites for hydroxylation is 1. The highest BCUT2D eigenvalue weighted by Crippen LogP contribution is 2.57. The molecular formula is C30H38N8O5. The predicted molar refractivity (Wildman–Crippen MR) is 164 cm³/mol. The van der Waals surface area contributed by atoms with Crippen molar-refractivity contribution in [1.82, 2.24) is 19.9 Å². The summed E-state index contributed by atoms with van der Waals surface area (Å²) in [4.78, 5) is 41.2. The molecule has 1 fully saturated rings. The molecule has 1 N–H and O–H groups in total. The molecule has 1 spiro atoms. The van der Waals surface area contributed by atoms with Gasteiger partial charge in [0, 0.05) is 68.4 Å². The monoisotopic (exact) mass is 599 g/mol. The van der Waals surface area contributed by atoms with E-state index >= 15 is 0 Å². The Labute approximate surface area is 263 Å². The standard InChI is InChI=1S/C30H38N8O5/c1-18(2)43-28(39)20-16-31-29(34-27(20)37-17-30(10-11-30)26-22(37)9-8-19(3)32-26)33-21-14-24(38(40)41)23(15-25(21)42-7)36(6)13-12-35(4)5/h8-9,14-16,18H,10-13,17H2,1-7H3,(H,31,33,34)/i4D3,5D3,6D3. The molecule has 13 heteroatoms. The second-order valence-corrected chi connectivity index (χ2v) is 10.8. The molecular weight excluding hydrogens is 552 g/mol. The van der Waals surface area contributed by atoms with Gasteiger partial charge in [-0.2, -0.15) is 4.98 Å². The van der Waals surface area contributed by atoms with Crippen LogP contribution in [-0.2, 0) is 10.2 Å². The Kier molecular flexibility index (Phi) is 5.52. The van der Waals surface area contributed by atoms with Crippen LogP contribution >= 0.6 is 0 Å². The van der Waals surface area contributed by atoms with E-state index in [1.165, 1.54) is 13.3 Å². The Hall–Kier alpha value is -4.52. The fraction of sp³-hybridized carbons (Fsp3) is 0.467. The Morgan fingerprint density at radius 3 is 2.67 bits per heavy atom. The fourth-order valence-corrected chi connectivity index (χ4v) is 5.04. The molecule has 0 unspecified atom stereocenters. The zero-order valence-corrected chi connectivity index (χ0v) is 24.2. The molecule has 1 aromatic carbocycles. The molecule has 228 valence electrons. The van der Waals surface area contributed by atoms with Crippen molar-refractivity contribution in [1.29, 1.82) is 0 Å². The molecule has 1 aliphatic heterocycles. The minimum Gasteiger partial charge on any atom is -0.494 e. The quantitative estimate of drug-likeness (QED) is 0.187. The number of likely N-dealkylation sites (N-methyl/N-ethyl adjacent to an activating group) is 2. The van der Waals surface area contributed by atoms with Crippen LogP contribution in [-0.4, -0.2) is 84.5 Å². The van der Waals surface area contributed by atoms with Crippen LogP contribution in [0.25, 0.3) is 0 Å². The molecule has 1 saturated carbocycles. The zero-order chi connectivity index (χ0) is 38.6. The van der Waals surface area contributed by atoms with E-state index in [-0.39, 0.29) is 39.1 Å². The Balaban J connectivity index is 1.56. The number of carbonyl (C=O) groups excluding carboxylic acids is 1. The molecule has 3 heterocycles. The van der Waals surface area contributed by atoms with Gasteiger partial charge < -0.3 is 29.5 Å². The first-order valence-electron chi connectivity index (χ1n) is 18.1. The van der Waals surface area contributed by atoms with Crippen molar-refractivity contribution in [2.24, 2.45) is 0 Å². The van der Waals surface area contributed by atoms with Crippen LogP contribution in [0.15, 0.2) is 30.5 Å². The van der Waals surface area contributed by atoms with Crippen molar-refractivity contribution in [2.75, 3.05) is 62.8 Å². The van der Waals surface area contributed by atoms with Gasteiger partial charge in [-0.1, -0.05) is 0 Å². The third kappa shape index (κ3) is 6.03. The molecule has 2 aromatic heterocycles. The molecule has 0 saturated heterocycles. The Morgan fingerprint density at radius 2 is 2.02 bits per heavy atom. The highest BCUT2D eigenvalue weighted by Gasteiger charge is 2.54. The summed E-state index contributed by atoms with van der Waals surface area (Å²) in [7, 11) is 1.24. The number of nitrogens with zero attached hydrogens (tertiary/aromatic N) is 7. The summed E-state index contributed by atoms with van der Waals surface area (Å²) >= 11 is 0. The van der Waals surface area contributed by atoms with E-state index < -0.39 is 62.4 Å². The topological polar surface area (TPSA) is 139 Å². The van der Waals surface area contributed by atoms with Crippen LogP contribution in [0.1, 0.15) is 60.8 Å². The highest BCUT2D eigenvalue weighted by atomic mass is 16.6. The number of nitro groups is 1. The molecule has 2 aliphatic rings. The number of benzene rings is 1. The van der Waals surface area contributed by atoms with E-state index in [9.17, 15) is 14.9 Å². The maximum atomic E-state index is 13.3. The number of hydrogen-bond acceptors (Lipinski definition) is 12. The first-order chi connectivity index (χ1) is 24.1. The lowest BCUT2D eigenvalue weighted by Crippen LogP contribution is -2.29. The maximum Gasteiger partial charge on any atom is 0.343 e. The lowest BCUT2D eigenvalue weighted by molar-refractivity contribution is -0.384. The summed E-state index contributed by atoms with van der Waals surface area (Å²) in [6.07, 6.45) is 2.65. The smallest absolute Gasteiger partial charge is 0.343 e. The number of esters is 1. The average Bonchev–Trinajstić information content (AvgIpc) is 3.73. The second kappa shape index (κ2) is 11.6. The van der Waals surface area contributed by atoms with E-state index in [1.807, 2.05) is 24.0 Å². The molecule has 5 rings (SSSR count). The number of hydrogen-bond donors (Lipinski definition) is 1. The predicted octanol–water partition coefficient (Wildman–Crippen LogP) is 4.59. The first-order valence-corrected chi connectivity index (χ1v) is 13.6. The van der Waals surface area contributed by atoms with Gasteiger partial charge in [-0.25, -0.2) is 9.78 Å². The molecule has 0 radical (unpaired) electrons. The second-order valence-electron chi connectivity index (χ2n) is 10.8. The SMILES string of the molecule is [2H]C([2H])([2H])N(CCN(C([2H])([2H])[2H])C([2H])([2H])[2H])c1cc(OC)c(Nc2ncc(C(=O)OC(C)C)c(N3CC4(CC4)c4nc(C)ccc43)n2)cc1[N+](=O)[O-]. The van der Waals surface area contributed by atoms with Crippen LogP contribution in [0.2, 0.25) is 0 Å². The molecule has 1 aliphatic carbocycles. The lowest BCUT2D eigenvalue weighted by Gasteiger charge is -2.23. The van der Waals surface area contributed by atoms with Crippen molar-refractivity contribution in [3.63, 3.8) is 0 Å². The van der Waals surface area contributed by atoms with E-state index in [2.05, 4.69) is 15.3 Å². The molecule has 0 atom stereocenters. The van der Waals surface area contributed by atoms with Crippen molar-refractivity contribution >= 4 is 40.5 Å². The fourth-order valence-electron chi connectivity index (χ4n) is 5.04. The number of fused-ring (bicyclic) bond motifs is 2. The van der Waals surface area contributed by atoms with E-state index in [0.717, 1.165) is 42.0 Å². The Bertz CT molecular complexity index is 1850. The summed E-state index contributed by atoms with van der Waals surface area (Å²) in [6, 6.07) is 5.84. The van der Waals surface area contributed by atoms with Crippen molar-refractivity contribution in [2.45, 2.75) is 45.1 Å². The van der Waals surface area contributed by atoms with Gasteiger partial charge >= 0.3 is 5.97 Å². The van der Waals surface area contributed by atoms with Crippen LogP contribution < -0.4 is 19.9 Å².